The van der Waals surface area contributed by atoms with E-state index in [1.807, 2.05) is 31.2 Å². The van der Waals surface area contributed by atoms with Gasteiger partial charge in [0.25, 0.3) is 5.91 Å². The number of benzene rings is 2. The largest absolute Gasteiger partial charge is 0.478 e. The quantitative estimate of drug-likeness (QED) is 0.749. The highest BCUT2D eigenvalue weighted by molar-refractivity contribution is 6.07. The molecule has 0 spiro atoms. The Bertz CT molecular complexity index is 945. The number of piperazine rings is 1. The van der Waals surface area contributed by atoms with Crippen molar-refractivity contribution in [1.29, 1.82) is 0 Å². The Kier molecular flexibility index (Phi) is 6.56. The third kappa shape index (κ3) is 4.90. The van der Waals surface area contributed by atoms with Crippen LogP contribution in [0.1, 0.15) is 58.4 Å². The second-order valence-electron chi connectivity index (χ2n) is 8.62. The average Bonchev–Trinajstić information content (AvgIpc) is 2.80. The van der Waals surface area contributed by atoms with Crippen LogP contribution in [0.5, 0.6) is 0 Å². The molecule has 2 aromatic carbocycles. The lowest BCUT2D eigenvalue weighted by Gasteiger charge is -2.42. The fourth-order valence-corrected chi connectivity index (χ4v) is 4.84. The Labute approximate surface area is 183 Å². The number of nitrogens with zero attached hydrogens (tertiary/aromatic N) is 2. The van der Waals surface area contributed by atoms with Gasteiger partial charge in [0.15, 0.2) is 0 Å². The van der Waals surface area contributed by atoms with Crippen molar-refractivity contribution < 1.29 is 14.7 Å². The maximum Gasteiger partial charge on any atom is 0.335 e. The molecular formula is C25H31N3O3. The number of carbonyl (C=O) groups is 2. The van der Waals surface area contributed by atoms with Crippen molar-refractivity contribution in [3.63, 3.8) is 0 Å². The van der Waals surface area contributed by atoms with Crippen molar-refractivity contribution >= 4 is 23.3 Å². The van der Waals surface area contributed by atoms with E-state index in [0.29, 0.717) is 17.3 Å². The third-order valence-electron chi connectivity index (χ3n) is 6.63. The van der Waals surface area contributed by atoms with Crippen LogP contribution in [0.15, 0.2) is 42.5 Å². The van der Waals surface area contributed by atoms with Crippen LogP contribution in [-0.2, 0) is 0 Å². The molecule has 1 saturated carbocycles. The van der Waals surface area contributed by atoms with Crippen molar-refractivity contribution in [3.05, 3.63) is 59.2 Å². The summed E-state index contributed by atoms with van der Waals surface area (Å²) in [5, 5.41) is 12.4. The highest BCUT2D eigenvalue weighted by Crippen LogP contribution is 2.31. The standard InChI is InChI=1S/C25H31N3O3/c1-18-7-5-6-10-21(18)24(29)26-22-17-19(25(30)31)11-12-23(22)28-15-13-27(14-16-28)20-8-3-2-4-9-20/h5-7,10-12,17,20H,2-4,8-9,13-16H2,1H3,(H,26,29)(H,30,31). The predicted molar refractivity (Wildman–Crippen MR) is 123 cm³/mol. The van der Waals surface area contributed by atoms with Crippen molar-refractivity contribution in [2.45, 2.75) is 45.1 Å². The Morgan fingerprint density at radius 2 is 1.68 bits per heavy atom. The summed E-state index contributed by atoms with van der Waals surface area (Å²) in [6, 6.07) is 13.1. The molecule has 1 aliphatic heterocycles. The van der Waals surface area contributed by atoms with E-state index in [9.17, 15) is 14.7 Å². The molecule has 2 aliphatic rings. The zero-order valence-corrected chi connectivity index (χ0v) is 18.1. The van der Waals surface area contributed by atoms with Crippen molar-refractivity contribution in [2.75, 3.05) is 36.4 Å². The van der Waals surface area contributed by atoms with E-state index in [1.54, 1.807) is 18.2 Å². The molecule has 6 nitrogen and oxygen atoms in total. The molecular weight excluding hydrogens is 390 g/mol. The first-order valence-corrected chi connectivity index (χ1v) is 11.3. The Hall–Kier alpha value is -2.86. The first-order chi connectivity index (χ1) is 15.0. The summed E-state index contributed by atoms with van der Waals surface area (Å²) < 4.78 is 0. The second kappa shape index (κ2) is 9.52. The Balaban J connectivity index is 1.53. The highest BCUT2D eigenvalue weighted by Gasteiger charge is 2.26. The normalized spacial score (nSPS) is 18.0. The summed E-state index contributed by atoms with van der Waals surface area (Å²) in [7, 11) is 0. The van der Waals surface area contributed by atoms with Crippen LogP contribution in [-0.4, -0.2) is 54.1 Å². The van der Waals surface area contributed by atoms with E-state index in [1.165, 1.54) is 32.1 Å². The second-order valence-corrected chi connectivity index (χ2v) is 8.62. The molecule has 0 bridgehead atoms. The number of hydrogen-bond acceptors (Lipinski definition) is 4. The number of aryl methyl sites for hydroxylation is 1. The van der Waals surface area contributed by atoms with Gasteiger partial charge in [-0.2, -0.15) is 0 Å². The van der Waals surface area contributed by atoms with E-state index in [4.69, 9.17) is 0 Å². The van der Waals surface area contributed by atoms with Crippen LogP contribution < -0.4 is 10.2 Å². The van der Waals surface area contributed by atoms with Gasteiger partial charge in [-0.1, -0.05) is 37.5 Å². The Morgan fingerprint density at radius 1 is 0.968 bits per heavy atom. The van der Waals surface area contributed by atoms with E-state index in [2.05, 4.69) is 15.1 Å². The molecule has 1 saturated heterocycles. The molecule has 0 aromatic heterocycles. The molecule has 4 rings (SSSR count). The van der Waals surface area contributed by atoms with Crippen molar-refractivity contribution in [2.24, 2.45) is 0 Å². The summed E-state index contributed by atoms with van der Waals surface area (Å²) in [5.74, 6) is -1.22. The minimum absolute atomic E-state index is 0.171. The molecule has 31 heavy (non-hydrogen) atoms. The molecule has 0 atom stereocenters. The number of anilines is 2. The number of carbonyl (C=O) groups excluding carboxylic acids is 1. The monoisotopic (exact) mass is 421 g/mol. The molecule has 2 aromatic rings. The number of aromatic carboxylic acids is 1. The van der Waals surface area contributed by atoms with Crippen molar-refractivity contribution in [1.82, 2.24) is 4.90 Å². The molecule has 6 heteroatoms. The minimum atomic E-state index is -1.000. The molecule has 1 aliphatic carbocycles. The van der Waals surface area contributed by atoms with E-state index in [-0.39, 0.29) is 11.5 Å². The summed E-state index contributed by atoms with van der Waals surface area (Å²) in [5.41, 5.74) is 3.09. The van der Waals surface area contributed by atoms with Crippen LogP contribution >= 0.6 is 0 Å². The Morgan fingerprint density at radius 3 is 2.35 bits per heavy atom. The van der Waals surface area contributed by atoms with E-state index < -0.39 is 5.97 Å². The first kappa shape index (κ1) is 21.4. The van der Waals surface area contributed by atoms with Crippen molar-refractivity contribution in [3.8, 4) is 0 Å². The van der Waals surface area contributed by atoms with E-state index >= 15 is 0 Å². The predicted octanol–water partition coefficient (Wildman–Crippen LogP) is 4.40. The van der Waals surface area contributed by atoms with Gasteiger partial charge < -0.3 is 15.3 Å². The number of carboxylic acid groups (broad SMARTS) is 1. The summed E-state index contributed by atoms with van der Waals surface area (Å²) >= 11 is 0. The maximum atomic E-state index is 12.9. The first-order valence-electron chi connectivity index (χ1n) is 11.3. The van der Waals surface area contributed by atoms with Gasteiger partial charge in [0, 0.05) is 37.8 Å². The molecule has 2 N–H and O–H groups in total. The molecule has 0 unspecified atom stereocenters. The van der Waals surface area contributed by atoms with E-state index in [0.717, 1.165) is 37.4 Å². The van der Waals surface area contributed by atoms with Gasteiger partial charge in [-0.15, -0.1) is 0 Å². The smallest absolute Gasteiger partial charge is 0.335 e. The number of amides is 1. The van der Waals surface area contributed by atoms with Crippen LogP contribution in [0.25, 0.3) is 0 Å². The topological polar surface area (TPSA) is 72.9 Å². The fourth-order valence-electron chi connectivity index (χ4n) is 4.84. The minimum Gasteiger partial charge on any atom is -0.478 e. The fraction of sp³-hybridized carbons (Fsp3) is 0.440. The average molecular weight is 422 g/mol. The number of carboxylic acids is 1. The van der Waals surface area contributed by atoms with Gasteiger partial charge in [-0.05, 0) is 49.6 Å². The van der Waals surface area contributed by atoms with Crippen LogP contribution in [0, 0.1) is 6.92 Å². The number of nitrogens with one attached hydrogen (secondary N) is 1. The summed E-state index contributed by atoms with van der Waals surface area (Å²) in [6.07, 6.45) is 6.61. The summed E-state index contributed by atoms with van der Waals surface area (Å²) in [6.45, 7) is 5.63. The van der Waals surface area contributed by atoms with Crippen LogP contribution in [0.4, 0.5) is 11.4 Å². The molecule has 2 fully saturated rings. The van der Waals surface area contributed by atoms with Crippen LogP contribution in [0.3, 0.4) is 0 Å². The molecule has 0 radical (unpaired) electrons. The zero-order valence-electron chi connectivity index (χ0n) is 18.1. The lowest BCUT2D eigenvalue weighted by molar-refractivity contribution is 0.0696. The third-order valence-corrected chi connectivity index (χ3v) is 6.63. The zero-order chi connectivity index (χ0) is 21.8. The van der Waals surface area contributed by atoms with Gasteiger partial charge in [0.2, 0.25) is 0 Å². The van der Waals surface area contributed by atoms with Gasteiger partial charge >= 0.3 is 5.97 Å². The lowest BCUT2D eigenvalue weighted by Crippen LogP contribution is -2.51. The van der Waals surface area contributed by atoms with Gasteiger partial charge in [-0.25, -0.2) is 4.79 Å². The molecule has 1 heterocycles. The highest BCUT2D eigenvalue weighted by atomic mass is 16.4. The number of rotatable bonds is 5. The molecule has 1 amide bonds. The van der Waals surface area contributed by atoms with Gasteiger partial charge in [0.05, 0.1) is 16.9 Å². The SMILES string of the molecule is Cc1ccccc1C(=O)Nc1cc(C(=O)O)ccc1N1CCN(C2CCCCC2)CC1. The lowest BCUT2D eigenvalue weighted by atomic mass is 9.94. The van der Waals surface area contributed by atoms with Gasteiger partial charge in [0.1, 0.15) is 0 Å². The molecule has 164 valence electrons. The summed E-state index contributed by atoms with van der Waals surface area (Å²) in [4.78, 5) is 29.3. The van der Waals surface area contributed by atoms with Gasteiger partial charge in [-0.3, -0.25) is 9.69 Å². The van der Waals surface area contributed by atoms with Crippen LogP contribution in [0.2, 0.25) is 0 Å². The number of hydrogen-bond donors (Lipinski definition) is 2. The maximum absolute atomic E-state index is 12.9.